The molecule has 1 fully saturated rings. The lowest BCUT2D eigenvalue weighted by Gasteiger charge is -2.29. The third kappa shape index (κ3) is 3.91. The van der Waals surface area contributed by atoms with Gasteiger partial charge in [0.05, 0.1) is 0 Å². The summed E-state index contributed by atoms with van der Waals surface area (Å²) in [4.78, 5) is 2.39. The lowest BCUT2D eigenvalue weighted by molar-refractivity contribution is 0.231. The molecule has 1 unspecified atom stereocenters. The number of hydrogen-bond acceptors (Lipinski definition) is 1. The molecule has 0 spiro atoms. The van der Waals surface area contributed by atoms with Crippen LogP contribution >= 0.6 is 0 Å². The molecule has 1 aliphatic heterocycles. The molecule has 1 atom stereocenters. The molecule has 1 rings (SSSR count). The summed E-state index contributed by atoms with van der Waals surface area (Å²) in [6.45, 7) is 12.6. The number of piperidine rings is 1. The van der Waals surface area contributed by atoms with E-state index < -0.39 is 0 Å². The van der Waals surface area contributed by atoms with E-state index in [1.807, 2.05) is 13.8 Å². The molecule has 0 aliphatic carbocycles. The van der Waals surface area contributed by atoms with Crippen LogP contribution in [0.2, 0.25) is 0 Å². The van der Waals surface area contributed by atoms with Crippen LogP contribution in [0.25, 0.3) is 0 Å². The van der Waals surface area contributed by atoms with E-state index in [-0.39, 0.29) is 0 Å². The second-order valence-electron chi connectivity index (χ2n) is 3.45. The van der Waals surface area contributed by atoms with Crippen molar-refractivity contribution in [2.45, 2.75) is 33.6 Å². The highest BCUT2D eigenvalue weighted by Gasteiger charge is 2.16. The van der Waals surface area contributed by atoms with Gasteiger partial charge < -0.3 is 4.90 Å². The van der Waals surface area contributed by atoms with Gasteiger partial charge in [0.2, 0.25) is 0 Å². The summed E-state index contributed by atoms with van der Waals surface area (Å²) in [6.07, 6.45) is 2.69. The molecule has 1 heteroatoms. The minimum absolute atomic E-state index is 0.763. The summed E-state index contributed by atoms with van der Waals surface area (Å²) in [5.74, 6) is 0.763. The predicted octanol–water partition coefficient (Wildman–Crippen LogP) is 2.93. The van der Waals surface area contributed by atoms with Gasteiger partial charge in [-0.3, -0.25) is 0 Å². The topological polar surface area (TPSA) is 3.24 Å². The molecule has 0 amide bonds. The van der Waals surface area contributed by atoms with Crippen LogP contribution in [0.1, 0.15) is 33.6 Å². The molecular weight excluding hydrogens is 146 g/mol. The predicted molar refractivity (Wildman–Crippen MR) is 56.4 cm³/mol. The van der Waals surface area contributed by atoms with Crippen molar-refractivity contribution in [2.24, 2.45) is 5.92 Å². The van der Waals surface area contributed by atoms with E-state index in [9.17, 15) is 0 Å². The quantitative estimate of drug-likeness (QED) is 0.545. The first kappa shape index (κ1) is 11.7. The van der Waals surface area contributed by atoms with Gasteiger partial charge in [0.25, 0.3) is 0 Å². The normalized spacial score (nSPS) is 24.2. The SMILES string of the molecule is C=C(C)C1CCCN(C)C1.CC. The summed E-state index contributed by atoms with van der Waals surface area (Å²) in [5, 5.41) is 0. The Morgan fingerprint density at radius 3 is 2.33 bits per heavy atom. The van der Waals surface area contributed by atoms with Crippen LogP contribution in [0, 0.1) is 5.92 Å². The summed E-state index contributed by atoms with van der Waals surface area (Å²) in [6, 6.07) is 0. The number of hydrogen-bond donors (Lipinski definition) is 0. The van der Waals surface area contributed by atoms with Crippen LogP contribution < -0.4 is 0 Å². The average molecular weight is 169 g/mol. The Labute approximate surface area is 77.5 Å². The van der Waals surface area contributed by atoms with Gasteiger partial charge in [-0.25, -0.2) is 0 Å². The summed E-state index contributed by atoms with van der Waals surface area (Å²) >= 11 is 0. The Kier molecular flexibility index (Phi) is 6.09. The van der Waals surface area contributed by atoms with Crippen molar-refractivity contribution >= 4 is 0 Å². The van der Waals surface area contributed by atoms with Crippen molar-refractivity contribution in [3.63, 3.8) is 0 Å². The van der Waals surface area contributed by atoms with Gasteiger partial charge in [0, 0.05) is 6.54 Å². The van der Waals surface area contributed by atoms with Crippen LogP contribution in [-0.4, -0.2) is 25.0 Å². The highest BCUT2D eigenvalue weighted by atomic mass is 15.1. The van der Waals surface area contributed by atoms with Crippen molar-refractivity contribution in [2.75, 3.05) is 20.1 Å². The van der Waals surface area contributed by atoms with E-state index >= 15 is 0 Å². The van der Waals surface area contributed by atoms with Gasteiger partial charge in [-0.15, -0.1) is 0 Å². The van der Waals surface area contributed by atoms with Crippen LogP contribution in [-0.2, 0) is 0 Å². The lowest BCUT2D eigenvalue weighted by atomic mass is 9.93. The number of likely N-dealkylation sites (tertiary alicyclic amines) is 1. The van der Waals surface area contributed by atoms with Crippen molar-refractivity contribution in [1.29, 1.82) is 0 Å². The average Bonchev–Trinajstić information content (AvgIpc) is 2.08. The van der Waals surface area contributed by atoms with E-state index in [4.69, 9.17) is 0 Å². The number of nitrogens with zero attached hydrogens (tertiary/aromatic N) is 1. The van der Waals surface area contributed by atoms with Crippen molar-refractivity contribution in [3.8, 4) is 0 Å². The highest BCUT2D eigenvalue weighted by molar-refractivity contribution is 4.98. The molecular formula is C11H23N. The molecule has 0 aromatic carbocycles. The Morgan fingerprint density at radius 1 is 1.42 bits per heavy atom. The standard InChI is InChI=1S/C9H17N.C2H6/c1-8(2)9-5-4-6-10(3)7-9;1-2/h9H,1,4-7H2,2-3H3;1-2H3. The first-order valence-corrected chi connectivity index (χ1v) is 5.04. The second-order valence-corrected chi connectivity index (χ2v) is 3.45. The van der Waals surface area contributed by atoms with Crippen molar-refractivity contribution < 1.29 is 0 Å². The Hall–Kier alpha value is -0.300. The minimum atomic E-state index is 0.763. The molecule has 0 N–H and O–H groups in total. The Balaban J connectivity index is 0.000000561. The van der Waals surface area contributed by atoms with Gasteiger partial charge in [-0.2, -0.15) is 0 Å². The van der Waals surface area contributed by atoms with Crippen LogP contribution in [0.3, 0.4) is 0 Å². The fraction of sp³-hybridized carbons (Fsp3) is 0.818. The zero-order valence-electron chi connectivity index (χ0n) is 9.06. The van der Waals surface area contributed by atoms with Crippen molar-refractivity contribution in [3.05, 3.63) is 12.2 Å². The van der Waals surface area contributed by atoms with Gasteiger partial charge in [-0.05, 0) is 39.3 Å². The molecule has 1 nitrogen and oxygen atoms in total. The largest absolute Gasteiger partial charge is 0.306 e. The summed E-state index contributed by atoms with van der Waals surface area (Å²) in [5.41, 5.74) is 1.35. The van der Waals surface area contributed by atoms with Crippen LogP contribution in [0.15, 0.2) is 12.2 Å². The zero-order chi connectivity index (χ0) is 9.56. The maximum Gasteiger partial charge on any atom is 0.00438 e. The molecule has 0 radical (unpaired) electrons. The molecule has 1 saturated heterocycles. The smallest absolute Gasteiger partial charge is 0.00438 e. The first-order chi connectivity index (χ1) is 5.70. The third-order valence-electron chi connectivity index (χ3n) is 2.32. The van der Waals surface area contributed by atoms with Crippen molar-refractivity contribution in [1.82, 2.24) is 4.90 Å². The molecule has 0 saturated carbocycles. The maximum atomic E-state index is 3.99. The maximum absolute atomic E-state index is 3.99. The lowest BCUT2D eigenvalue weighted by Crippen LogP contribution is -2.32. The van der Waals surface area contributed by atoms with E-state index in [1.165, 1.54) is 31.5 Å². The van der Waals surface area contributed by atoms with E-state index in [1.54, 1.807) is 0 Å². The first-order valence-electron chi connectivity index (χ1n) is 5.04. The molecule has 0 aromatic heterocycles. The van der Waals surface area contributed by atoms with E-state index in [2.05, 4.69) is 25.5 Å². The summed E-state index contributed by atoms with van der Waals surface area (Å²) < 4.78 is 0. The van der Waals surface area contributed by atoms with Crippen LogP contribution in [0.4, 0.5) is 0 Å². The van der Waals surface area contributed by atoms with Gasteiger partial charge >= 0.3 is 0 Å². The van der Waals surface area contributed by atoms with Gasteiger partial charge in [-0.1, -0.05) is 26.0 Å². The molecule has 1 aliphatic rings. The molecule has 0 bridgehead atoms. The number of rotatable bonds is 1. The van der Waals surface area contributed by atoms with Gasteiger partial charge in [0.15, 0.2) is 0 Å². The molecule has 0 aromatic rings. The van der Waals surface area contributed by atoms with Crippen LogP contribution in [0.5, 0.6) is 0 Å². The summed E-state index contributed by atoms with van der Waals surface area (Å²) in [7, 11) is 2.19. The fourth-order valence-corrected chi connectivity index (χ4v) is 1.57. The molecule has 1 heterocycles. The molecule has 72 valence electrons. The minimum Gasteiger partial charge on any atom is -0.306 e. The van der Waals surface area contributed by atoms with E-state index in [0.717, 1.165) is 5.92 Å². The monoisotopic (exact) mass is 169 g/mol. The van der Waals surface area contributed by atoms with E-state index in [0.29, 0.717) is 0 Å². The van der Waals surface area contributed by atoms with Gasteiger partial charge in [0.1, 0.15) is 0 Å². The Bertz CT molecular complexity index is 129. The molecule has 12 heavy (non-hydrogen) atoms. The third-order valence-corrected chi connectivity index (χ3v) is 2.32. The Morgan fingerprint density at radius 2 is 2.00 bits per heavy atom. The zero-order valence-corrected chi connectivity index (χ0v) is 9.06. The second kappa shape index (κ2) is 6.24. The highest BCUT2D eigenvalue weighted by Crippen LogP contribution is 2.20. The fourth-order valence-electron chi connectivity index (χ4n) is 1.57.